The van der Waals surface area contributed by atoms with Crippen LogP contribution in [0.25, 0.3) is 0 Å². The molecule has 0 aliphatic carbocycles. The molecule has 10 nitrogen and oxygen atoms in total. The fourth-order valence-corrected chi connectivity index (χ4v) is 3.04. The lowest BCUT2D eigenvalue weighted by Crippen LogP contribution is -2.52. The predicted octanol–water partition coefficient (Wildman–Crippen LogP) is 1.93. The van der Waals surface area contributed by atoms with Gasteiger partial charge in [-0.15, -0.1) is 0 Å². The zero-order chi connectivity index (χ0) is 25.9. The second-order valence-corrected chi connectivity index (χ2v) is 8.70. The summed E-state index contributed by atoms with van der Waals surface area (Å²) in [4.78, 5) is 51.1. The predicted molar refractivity (Wildman–Crippen MR) is 126 cm³/mol. The molecule has 0 spiro atoms. The number of terminal acetylenes is 1. The van der Waals surface area contributed by atoms with Gasteiger partial charge in [0.15, 0.2) is 0 Å². The Hall–Kier alpha value is -3.74. The molecule has 2 atom stereocenters. The number of ether oxygens (including phenoxy) is 1. The van der Waals surface area contributed by atoms with Crippen molar-refractivity contribution >= 4 is 23.8 Å². The Morgan fingerprint density at radius 1 is 1.18 bits per heavy atom. The molecule has 34 heavy (non-hydrogen) atoms. The number of aromatic hydroxyl groups is 1. The third kappa shape index (κ3) is 9.40. The summed E-state index contributed by atoms with van der Waals surface area (Å²) < 4.78 is 5.16. The van der Waals surface area contributed by atoms with Gasteiger partial charge in [-0.05, 0) is 44.9 Å². The van der Waals surface area contributed by atoms with Crippen LogP contribution in [0.1, 0.15) is 65.0 Å². The summed E-state index contributed by atoms with van der Waals surface area (Å²) >= 11 is 0. The Morgan fingerprint density at radius 3 is 2.29 bits per heavy atom. The Morgan fingerprint density at radius 2 is 1.79 bits per heavy atom. The third-order valence-corrected chi connectivity index (χ3v) is 4.57. The molecule has 1 aromatic carbocycles. The van der Waals surface area contributed by atoms with Crippen molar-refractivity contribution in [2.24, 2.45) is 5.73 Å². The molecule has 5 N–H and O–H groups in total. The van der Waals surface area contributed by atoms with Crippen LogP contribution < -0.4 is 16.4 Å². The van der Waals surface area contributed by atoms with Crippen LogP contribution in [0.4, 0.5) is 4.79 Å². The summed E-state index contributed by atoms with van der Waals surface area (Å²) in [5.74, 6) is -2.35. The maximum atomic E-state index is 13.3. The first-order chi connectivity index (χ1) is 15.9. The zero-order valence-corrected chi connectivity index (χ0v) is 20.1. The van der Waals surface area contributed by atoms with Gasteiger partial charge < -0.3 is 26.2 Å². The van der Waals surface area contributed by atoms with E-state index in [-0.39, 0.29) is 5.75 Å². The number of nitrogens with two attached hydrogens (primary N) is 1. The minimum atomic E-state index is -1.46. The van der Waals surface area contributed by atoms with Gasteiger partial charge in [0.25, 0.3) is 5.91 Å². The van der Waals surface area contributed by atoms with Gasteiger partial charge in [0.05, 0.1) is 6.42 Å². The number of benzene rings is 1. The van der Waals surface area contributed by atoms with Crippen LogP contribution in [0.2, 0.25) is 0 Å². The second-order valence-electron chi connectivity index (χ2n) is 8.70. The lowest BCUT2D eigenvalue weighted by molar-refractivity contribution is -0.139. The van der Waals surface area contributed by atoms with Gasteiger partial charge in [-0.2, -0.15) is 0 Å². The molecule has 0 bridgehead atoms. The average Bonchev–Trinajstić information content (AvgIpc) is 2.73. The fraction of sp³-hybridized carbons (Fsp3) is 0.500. The number of nitrogens with zero attached hydrogens (tertiary/aromatic N) is 1. The molecule has 10 heteroatoms. The van der Waals surface area contributed by atoms with Crippen molar-refractivity contribution in [3.8, 4) is 18.2 Å². The number of carbonyl (C=O) groups excluding carboxylic acids is 4. The van der Waals surface area contributed by atoms with Crippen LogP contribution in [0.3, 0.4) is 0 Å². The van der Waals surface area contributed by atoms with Crippen molar-refractivity contribution < 1.29 is 29.0 Å². The number of amides is 4. The van der Waals surface area contributed by atoms with Crippen LogP contribution in [0.5, 0.6) is 5.75 Å². The SMILES string of the molecule is C#CN(C(=O)C(CC(N)=O)NC(=O)OC(C)(C)C)C(C(=O)NCCCCC)c1ccc(O)cc1. The van der Waals surface area contributed by atoms with Gasteiger partial charge in [-0.1, -0.05) is 38.3 Å². The van der Waals surface area contributed by atoms with Crippen LogP contribution in [0.15, 0.2) is 24.3 Å². The molecule has 0 saturated heterocycles. The lowest BCUT2D eigenvalue weighted by atomic mass is 10.0. The van der Waals surface area contributed by atoms with Gasteiger partial charge in [0, 0.05) is 12.6 Å². The number of rotatable bonds is 11. The summed E-state index contributed by atoms with van der Waals surface area (Å²) in [5.41, 5.74) is 4.74. The highest BCUT2D eigenvalue weighted by Crippen LogP contribution is 2.24. The van der Waals surface area contributed by atoms with E-state index < -0.39 is 47.9 Å². The van der Waals surface area contributed by atoms with Crippen LogP contribution >= 0.6 is 0 Å². The van der Waals surface area contributed by atoms with E-state index in [2.05, 4.69) is 16.7 Å². The molecule has 1 rings (SSSR count). The molecular weight excluding hydrogens is 440 g/mol. The molecule has 0 saturated carbocycles. The molecule has 2 unspecified atom stereocenters. The number of alkyl carbamates (subject to hydrolysis) is 1. The molecule has 0 aliphatic heterocycles. The highest BCUT2D eigenvalue weighted by molar-refractivity contribution is 5.95. The standard InChI is InChI=1S/C24H34N4O6/c1-6-8-9-14-26-21(31)20(16-10-12-17(29)13-11-16)28(7-2)22(32)18(15-19(25)30)27-23(33)34-24(3,4)5/h2,10-13,18,20,29H,6,8-9,14-15H2,1,3-5H3,(H2,25,30)(H,26,31)(H,27,33). The van der Waals surface area contributed by atoms with Crippen molar-refractivity contribution in [1.82, 2.24) is 15.5 Å². The van der Waals surface area contributed by atoms with Crippen LogP contribution in [-0.2, 0) is 19.1 Å². The van der Waals surface area contributed by atoms with Crippen molar-refractivity contribution in [3.05, 3.63) is 29.8 Å². The summed E-state index contributed by atoms with van der Waals surface area (Å²) in [6, 6.07) is 5.05. The van der Waals surface area contributed by atoms with E-state index in [0.29, 0.717) is 12.1 Å². The van der Waals surface area contributed by atoms with Crippen molar-refractivity contribution in [3.63, 3.8) is 0 Å². The molecule has 0 heterocycles. The quantitative estimate of drug-likeness (QED) is 0.219. The van der Waals surface area contributed by atoms with Crippen LogP contribution in [-0.4, -0.2) is 52.0 Å². The Kier molecular flexibility index (Phi) is 10.9. The highest BCUT2D eigenvalue weighted by atomic mass is 16.6. The molecule has 4 amide bonds. The maximum absolute atomic E-state index is 13.3. The molecule has 1 aromatic rings. The summed E-state index contributed by atoms with van der Waals surface area (Å²) in [7, 11) is 0. The summed E-state index contributed by atoms with van der Waals surface area (Å²) in [6.07, 6.45) is 6.71. The maximum Gasteiger partial charge on any atom is 0.408 e. The first-order valence-corrected chi connectivity index (χ1v) is 11.0. The zero-order valence-electron chi connectivity index (χ0n) is 20.1. The summed E-state index contributed by atoms with van der Waals surface area (Å²) in [6.45, 7) is 7.30. The Bertz CT molecular complexity index is 902. The van der Waals surface area contributed by atoms with E-state index in [0.717, 1.165) is 24.2 Å². The van der Waals surface area contributed by atoms with E-state index in [1.165, 1.54) is 24.3 Å². The first-order valence-electron chi connectivity index (χ1n) is 11.0. The minimum absolute atomic E-state index is 0.0392. The number of unbranched alkanes of at least 4 members (excludes halogenated alkanes) is 2. The largest absolute Gasteiger partial charge is 0.508 e. The second kappa shape index (κ2) is 13.1. The topological polar surface area (TPSA) is 151 Å². The van der Waals surface area contributed by atoms with Gasteiger partial charge in [-0.3, -0.25) is 19.3 Å². The van der Waals surface area contributed by atoms with Crippen molar-refractivity contribution in [2.75, 3.05) is 6.54 Å². The minimum Gasteiger partial charge on any atom is -0.508 e. The van der Waals surface area contributed by atoms with Crippen molar-refractivity contribution in [1.29, 1.82) is 0 Å². The number of hydrogen-bond donors (Lipinski definition) is 4. The van der Waals surface area contributed by atoms with Gasteiger partial charge in [0.1, 0.15) is 23.4 Å². The fourth-order valence-electron chi connectivity index (χ4n) is 3.04. The monoisotopic (exact) mass is 474 g/mol. The molecule has 186 valence electrons. The first kappa shape index (κ1) is 28.3. The van der Waals surface area contributed by atoms with E-state index >= 15 is 0 Å². The number of phenols is 1. The Labute approximate surface area is 200 Å². The van der Waals surface area contributed by atoms with Gasteiger partial charge >= 0.3 is 6.09 Å². The normalized spacial score (nSPS) is 12.6. The molecule has 0 radical (unpaired) electrons. The summed E-state index contributed by atoms with van der Waals surface area (Å²) in [5, 5.41) is 14.7. The number of hydrogen-bond acceptors (Lipinski definition) is 6. The highest BCUT2D eigenvalue weighted by Gasteiger charge is 2.36. The smallest absolute Gasteiger partial charge is 0.408 e. The number of nitrogens with one attached hydrogen (secondary N) is 2. The van der Waals surface area contributed by atoms with Crippen LogP contribution in [0, 0.1) is 12.5 Å². The lowest BCUT2D eigenvalue weighted by Gasteiger charge is -2.30. The molecular formula is C24H34N4O6. The average molecular weight is 475 g/mol. The van der Waals surface area contributed by atoms with Crippen molar-refractivity contribution in [2.45, 2.75) is 71.1 Å². The van der Waals surface area contributed by atoms with E-state index in [4.69, 9.17) is 16.9 Å². The third-order valence-electron chi connectivity index (χ3n) is 4.57. The number of carbonyl (C=O) groups is 4. The molecule has 0 aliphatic rings. The van der Waals surface area contributed by atoms with Gasteiger partial charge in [-0.25, -0.2) is 4.79 Å². The van der Waals surface area contributed by atoms with E-state index in [9.17, 15) is 24.3 Å². The number of primary amides is 1. The van der Waals surface area contributed by atoms with E-state index in [1.54, 1.807) is 20.8 Å². The molecule has 0 aromatic heterocycles. The van der Waals surface area contributed by atoms with E-state index in [1.807, 2.05) is 6.92 Å². The molecule has 0 fully saturated rings. The van der Waals surface area contributed by atoms with Gasteiger partial charge in [0.2, 0.25) is 11.8 Å². The number of phenolic OH excluding ortho intramolecular Hbond substituents is 1. The Balaban J connectivity index is 3.28.